The number of rotatable bonds is 7. The van der Waals surface area contributed by atoms with E-state index in [1.54, 1.807) is 31.3 Å². The summed E-state index contributed by atoms with van der Waals surface area (Å²) in [6.45, 7) is 3.09. The lowest BCUT2D eigenvalue weighted by Gasteiger charge is -2.15. The Labute approximate surface area is 183 Å². The first-order chi connectivity index (χ1) is 14.8. The Morgan fingerprint density at radius 3 is 2.26 bits per heavy atom. The molecule has 0 bridgehead atoms. The van der Waals surface area contributed by atoms with E-state index < -0.39 is 9.84 Å². The number of nitrogens with one attached hydrogen (secondary N) is 2. The number of ether oxygens (including phenoxy) is 1. The van der Waals surface area contributed by atoms with Gasteiger partial charge in [-0.3, -0.25) is 4.99 Å². The Balaban J connectivity index is 1.62. The summed E-state index contributed by atoms with van der Waals surface area (Å²) < 4.78 is 29.2. The summed E-state index contributed by atoms with van der Waals surface area (Å²) in [5, 5.41) is 6.54. The molecule has 2 N–H and O–H groups in total. The van der Waals surface area contributed by atoms with Crippen LogP contribution in [0.15, 0.2) is 82.7 Å². The van der Waals surface area contributed by atoms with Crippen LogP contribution in [0.1, 0.15) is 16.7 Å². The fourth-order valence-electron chi connectivity index (χ4n) is 2.96. The van der Waals surface area contributed by atoms with E-state index in [0.717, 1.165) is 28.2 Å². The first-order valence-corrected chi connectivity index (χ1v) is 11.8. The number of sulfone groups is 1. The van der Waals surface area contributed by atoms with E-state index >= 15 is 0 Å². The fourth-order valence-corrected chi connectivity index (χ4v) is 3.59. The molecule has 0 saturated heterocycles. The molecule has 0 amide bonds. The highest BCUT2D eigenvalue weighted by atomic mass is 32.2. The Morgan fingerprint density at radius 1 is 0.935 bits per heavy atom. The third-order valence-electron chi connectivity index (χ3n) is 4.68. The van der Waals surface area contributed by atoms with E-state index in [2.05, 4.69) is 15.6 Å². The number of aliphatic imine (C=N–C) groups is 1. The Bertz CT molecular complexity index is 1140. The second-order valence-electron chi connectivity index (χ2n) is 7.22. The van der Waals surface area contributed by atoms with Crippen LogP contribution in [0.2, 0.25) is 0 Å². The molecule has 7 heteroatoms. The van der Waals surface area contributed by atoms with E-state index in [9.17, 15) is 8.42 Å². The highest BCUT2D eigenvalue weighted by Crippen LogP contribution is 2.26. The van der Waals surface area contributed by atoms with Gasteiger partial charge in [-0.1, -0.05) is 42.5 Å². The van der Waals surface area contributed by atoms with Crippen molar-refractivity contribution >= 4 is 15.8 Å². The van der Waals surface area contributed by atoms with Crippen LogP contribution in [0.4, 0.5) is 0 Å². The topological polar surface area (TPSA) is 79.8 Å². The van der Waals surface area contributed by atoms with Gasteiger partial charge in [-0.25, -0.2) is 8.42 Å². The van der Waals surface area contributed by atoms with Crippen LogP contribution in [0, 0.1) is 6.92 Å². The van der Waals surface area contributed by atoms with Crippen molar-refractivity contribution in [2.24, 2.45) is 4.99 Å². The van der Waals surface area contributed by atoms with Crippen LogP contribution in [0.25, 0.3) is 0 Å². The number of benzene rings is 3. The summed E-state index contributed by atoms with van der Waals surface area (Å²) in [6.07, 6.45) is 1.20. The van der Waals surface area contributed by atoms with Gasteiger partial charge in [0.25, 0.3) is 0 Å². The lowest BCUT2D eigenvalue weighted by atomic mass is 10.1. The second-order valence-corrected chi connectivity index (χ2v) is 9.24. The zero-order valence-corrected chi connectivity index (χ0v) is 18.7. The minimum atomic E-state index is -3.19. The van der Waals surface area contributed by atoms with Gasteiger partial charge in [0.05, 0.1) is 4.90 Å². The highest BCUT2D eigenvalue weighted by molar-refractivity contribution is 7.90. The molecule has 3 aromatic rings. The van der Waals surface area contributed by atoms with Crippen molar-refractivity contribution in [3.8, 4) is 11.5 Å². The van der Waals surface area contributed by atoms with Crippen LogP contribution in [-0.2, 0) is 22.9 Å². The van der Waals surface area contributed by atoms with Crippen molar-refractivity contribution in [3.05, 3.63) is 89.5 Å². The number of nitrogens with zero attached hydrogens (tertiary/aromatic N) is 1. The second kappa shape index (κ2) is 10.1. The van der Waals surface area contributed by atoms with Gasteiger partial charge < -0.3 is 15.4 Å². The maximum Gasteiger partial charge on any atom is 0.191 e. The first-order valence-electron chi connectivity index (χ1n) is 9.91. The molecule has 0 atom stereocenters. The monoisotopic (exact) mass is 437 g/mol. The SMILES string of the molecule is CN=C(NCc1ccc(S(C)(=O)=O)cc1)NCc1ccc(C)cc1Oc1ccccc1. The molecule has 0 saturated carbocycles. The summed E-state index contributed by atoms with van der Waals surface area (Å²) in [5.41, 5.74) is 3.09. The zero-order chi connectivity index (χ0) is 22.3. The molecular formula is C24H27N3O3S. The zero-order valence-electron chi connectivity index (χ0n) is 17.9. The lowest BCUT2D eigenvalue weighted by molar-refractivity contribution is 0.474. The summed E-state index contributed by atoms with van der Waals surface area (Å²) in [7, 11) is -1.49. The van der Waals surface area contributed by atoms with Gasteiger partial charge in [-0.2, -0.15) is 0 Å². The molecule has 3 aromatic carbocycles. The first kappa shape index (κ1) is 22.4. The molecule has 0 aliphatic rings. The molecular weight excluding hydrogens is 410 g/mol. The summed E-state index contributed by atoms with van der Waals surface area (Å²) in [6, 6.07) is 22.6. The quantitative estimate of drug-likeness (QED) is 0.431. The summed E-state index contributed by atoms with van der Waals surface area (Å²) in [4.78, 5) is 4.57. The van der Waals surface area contributed by atoms with E-state index in [0.29, 0.717) is 23.9 Å². The van der Waals surface area contributed by atoms with Gasteiger partial charge in [-0.05, 0) is 48.4 Å². The third-order valence-corrected chi connectivity index (χ3v) is 5.80. The third kappa shape index (κ3) is 6.58. The molecule has 0 fully saturated rings. The van der Waals surface area contributed by atoms with Crippen molar-refractivity contribution in [3.63, 3.8) is 0 Å². The van der Waals surface area contributed by atoms with Crippen LogP contribution >= 0.6 is 0 Å². The fraction of sp³-hybridized carbons (Fsp3) is 0.208. The highest BCUT2D eigenvalue weighted by Gasteiger charge is 2.08. The van der Waals surface area contributed by atoms with Crippen molar-refractivity contribution < 1.29 is 13.2 Å². The molecule has 3 rings (SSSR count). The standard InChI is InChI=1S/C24H27N3O3S/c1-18-9-12-20(23(15-18)30-21-7-5-4-6-8-21)17-27-24(25-2)26-16-19-10-13-22(14-11-19)31(3,28)29/h4-15H,16-17H2,1-3H3,(H2,25,26,27). The number of hydrogen-bond acceptors (Lipinski definition) is 4. The molecule has 162 valence electrons. The largest absolute Gasteiger partial charge is 0.457 e. The minimum absolute atomic E-state index is 0.309. The number of aryl methyl sites for hydroxylation is 1. The summed E-state index contributed by atoms with van der Waals surface area (Å²) in [5.74, 6) is 2.22. The average Bonchev–Trinajstić information content (AvgIpc) is 2.75. The normalized spacial score (nSPS) is 11.8. The maximum atomic E-state index is 11.6. The van der Waals surface area contributed by atoms with Crippen molar-refractivity contribution in [1.82, 2.24) is 10.6 Å². The van der Waals surface area contributed by atoms with Gasteiger partial charge in [0.2, 0.25) is 0 Å². The van der Waals surface area contributed by atoms with Gasteiger partial charge in [-0.15, -0.1) is 0 Å². The Morgan fingerprint density at radius 2 is 1.61 bits per heavy atom. The van der Waals surface area contributed by atoms with Crippen molar-refractivity contribution in [2.45, 2.75) is 24.9 Å². The van der Waals surface area contributed by atoms with E-state index in [-0.39, 0.29) is 0 Å². The van der Waals surface area contributed by atoms with E-state index in [1.807, 2.05) is 55.5 Å². The van der Waals surface area contributed by atoms with Crippen LogP contribution in [-0.4, -0.2) is 27.7 Å². The maximum absolute atomic E-state index is 11.6. The Hall–Kier alpha value is -3.32. The van der Waals surface area contributed by atoms with Gasteiger partial charge >= 0.3 is 0 Å². The molecule has 6 nitrogen and oxygen atoms in total. The van der Waals surface area contributed by atoms with Crippen LogP contribution in [0.3, 0.4) is 0 Å². The van der Waals surface area contributed by atoms with Crippen molar-refractivity contribution in [1.29, 1.82) is 0 Å². The summed E-state index contributed by atoms with van der Waals surface area (Å²) >= 11 is 0. The molecule has 0 unspecified atom stereocenters. The smallest absolute Gasteiger partial charge is 0.191 e. The molecule has 0 aliphatic carbocycles. The predicted molar refractivity (Wildman–Crippen MR) is 124 cm³/mol. The predicted octanol–water partition coefficient (Wildman–Crippen LogP) is 4.06. The number of guanidine groups is 1. The molecule has 0 aromatic heterocycles. The van der Waals surface area contributed by atoms with Crippen LogP contribution < -0.4 is 15.4 Å². The number of para-hydroxylation sites is 1. The average molecular weight is 438 g/mol. The van der Waals surface area contributed by atoms with Crippen LogP contribution in [0.5, 0.6) is 11.5 Å². The van der Waals surface area contributed by atoms with Gasteiger partial charge in [0, 0.05) is 32.0 Å². The lowest BCUT2D eigenvalue weighted by Crippen LogP contribution is -2.36. The van der Waals surface area contributed by atoms with Gasteiger partial charge in [0.15, 0.2) is 15.8 Å². The Kier molecular flexibility index (Phi) is 7.31. The van der Waals surface area contributed by atoms with E-state index in [1.165, 1.54) is 6.26 Å². The number of hydrogen-bond donors (Lipinski definition) is 2. The minimum Gasteiger partial charge on any atom is -0.457 e. The molecule has 0 spiro atoms. The molecule has 0 heterocycles. The van der Waals surface area contributed by atoms with E-state index in [4.69, 9.17) is 4.74 Å². The molecule has 0 aliphatic heterocycles. The van der Waals surface area contributed by atoms with Gasteiger partial charge in [0.1, 0.15) is 11.5 Å². The molecule has 0 radical (unpaired) electrons. The van der Waals surface area contributed by atoms with Crippen molar-refractivity contribution in [2.75, 3.05) is 13.3 Å². The molecule has 31 heavy (non-hydrogen) atoms.